The predicted octanol–water partition coefficient (Wildman–Crippen LogP) is 5.15. The Labute approximate surface area is 307 Å². The first-order chi connectivity index (χ1) is 19.4. The summed E-state index contributed by atoms with van der Waals surface area (Å²) in [5.74, 6) is -7.40. The van der Waals surface area contributed by atoms with E-state index >= 15 is 0 Å². The van der Waals surface area contributed by atoms with Gasteiger partial charge in [0.25, 0.3) is 0 Å². The average Bonchev–Trinajstić information content (AvgIpc) is 2.79. The fourth-order valence-electron chi connectivity index (χ4n) is 1.77. The third-order valence-corrected chi connectivity index (χ3v) is 4.99. The molecule has 0 aromatic rings. The van der Waals surface area contributed by atoms with Crippen molar-refractivity contribution in [2.45, 2.75) is 125 Å². The molecule has 0 unspecified atom stereocenters. The third-order valence-electron chi connectivity index (χ3n) is 4.99. The number of ketones is 3. The van der Waals surface area contributed by atoms with Gasteiger partial charge in [0, 0.05) is 58.0 Å². The molecule has 0 bridgehead atoms. The first-order valence-electron chi connectivity index (χ1n) is 14.3. The summed E-state index contributed by atoms with van der Waals surface area (Å²) in [6.07, 6.45) is 0. The van der Waals surface area contributed by atoms with Gasteiger partial charge in [-0.3, -0.25) is 28.8 Å². The second-order valence-electron chi connectivity index (χ2n) is 16.5. The molecular weight excluding hydrogens is 728 g/mol. The molecule has 0 radical (unpaired) electrons. The maximum absolute atomic E-state index is 11.4. The van der Waals surface area contributed by atoms with E-state index in [-0.39, 0.29) is 41.7 Å². The molecule has 46 heavy (non-hydrogen) atoms. The minimum Gasteiger partial charge on any atom is -0.387 e. The van der Waals surface area contributed by atoms with Crippen LogP contribution in [0.2, 0.25) is 0 Å². The van der Waals surface area contributed by atoms with Crippen LogP contribution in [-0.2, 0) is 57.4 Å². The minimum absolute atomic E-state index is 0. The van der Waals surface area contributed by atoms with Gasteiger partial charge in [-0.05, 0) is 62.3 Å². The van der Waals surface area contributed by atoms with E-state index in [2.05, 4.69) is 14.2 Å². The summed E-state index contributed by atoms with van der Waals surface area (Å²) >= 11 is 0. The van der Waals surface area contributed by atoms with Gasteiger partial charge in [-0.2, -0.15) is 0 Å². The monoisotopic (exact) mass is 782 g/mol. The Balaban J connectivity index is -0.000000285. The minimum atomic E-state index is -1.08. The fraction of sp³-hybridized carbons (Fsp3) is 0.727. The fourth-order valence-corrected chi connectivity index (χ4v) is 1.77. The molecule has 0 aromatic heterocycles. The summed E-state index contributed by atoms with van der Waals surface area (Å²) in [5, 5.41) is 0. The van der Waals surface area contributed by atoms with Crippen LogP contribution in [-0.4, -0.2) is 53.2 Å². The van der Waals surface area contributed by atoms with Gasteiger partial charge in [0.05, 0.1) is 16.2 Å². The van der Waals surface area contributed by atoms with Gasteiger partial charge < -0.3 is 14.2 Å². The van der Waals surface area contributed by atoms with Crippen molar-refractivity contribution in [3.8, 4) is 0 Å². The van der Waals surface area contributed by atoms with Gasteiger partial charge in [-0.15, -0.1) is 0 Å². The van der Waals surface area contributed by atoms with E-state index in [0.29, 0.717) is 0 Å². The number of carbonyl (C=O) groups excluding carboxylic acids is 9. The molecule has 12 nitrogen and oxygen atoms in total. The number of esters is 6. The molecular formula is C33H54CeO12. The number of hydrogen-bond donors (Lipinski definition) is 0. The Morgan fingerprint density at radius 3 is 0.500 bits per heavy atom. The molecule has 262 valence electrons. The van der Waals surface area contributed by atoms with Crippen molar-refractivity contribution >= 4 is 53.2 Å². The number of Topliss-reactive ketones (excluding diaryl/α,β-unsaturated/α-hetero) is 3. The zero-order valence-electron chi connectivity index (χ0n) is 30.9. The van der Waals surface area contributed by atoms with Crippen molar-refractivity contribution in [2.75, 3.05) is 0 Å². The van der Waals surface area contributed by atoms with Crippen LogP contribution < -0.4 is 0 Å². The molecule has 13 heteroatoms. The molecule has 0 aromatic carbocycles. The second-order valence-corrected chi connectivity index (χ2v) is 16.5. The predicted molar refractivity (Wildman–Crippen MR) is 165 cm³/mol. The van der Waals surface area contributed by atoms with E-state index in [4.69, 9.17) is 0 Å². The molecule has 0 N–H and O–H groups in total. The largest absolute Gasteiger partial charge is 0.387 e. The summed E-state index contributed by atoms with van der Waals surface area (Å²) in [7, 11) is 0. The van der Waals surface area contributed by atoms with Crippen molar-refractivity contribution in [3.63, 3.8) is 0 Å². The van der Waals surface area contributed by atoms with Gasteiger partial charge >= 0.3 is 35.8 Å². The Morgan fingerprint density at radius 1 is 0.283 bits per heavy atom. The summed E-state index contributed by atoms with van der Waals surface area (Å²) in [6, 6.07) is 0. The van der Waals surface area contributed by atoms with Gasteiger partial charge in [-0.25, -0.2) is 14.4 Å². The van der Waals surface area contributed by atoms with Gasteiger partial charge in [0.2, 0.25) is 17.3 Å². The van der Waals surface area contributed by atoms with Crippen LogP contribution >= 0.6 is 0 Å². The summed E-state index contributed by atoms with van der Waals surface area (Å²) < 4.78 is 13.4. The van der Waals surface area contributed by atoms with Gasteiger partial charge in [0.15, 0.2) is 0 Å². The Bertz CT molecular complexity index is 1020. The maximum Gasteiger partial charge on any atom is 0.382 e. The Morgan fingerprint density at radius 2 is 0.413 bits per heavy atom. The van der Waals surface area contributed by atoms with Gasteiger partial charge in [0.1, 0.15) is 0 Å². The van der Waals surface area contributed by atoms with Crippen LogP contribution in [0, 0.1) is 74.2 Å². The van der Waals surface area contributed by atoms with E-state index in [1.165, 1.54) is 0 Å². The van der Waals surface area contributed by atoms with Crippen LogP contribution in [0.4, 0.5) is 0 Å². The number of hydrogen-bond acceptors (Lipinski definition) is 12. The number of ether oxygens (including phenoxy) is 3. The molecule has 0 rings (SSSR count). The molecule has 0 aliphatic carbocycles. The normalized spacial score (nSPS) is 11.9. The number of rotatable bonds is 3. The molecule has 0 atom stereocenters. The van der Waals surface area contributed by atoms with Crippen LogP contribution in [0.25, 0.3) is 0 Å². The van der Waals surface area contributed by atoms with Crippen molar-refractivity contribution in [2.24, 2.45) is 32.5 Å². The second kappa shape index (κ2) is 18.4. The Hall–Kier alpha value is -2.19. The van der Waals surface area contributed by atoms with Gasteiger partial charge in [-0.1, -0.05) is 62.3 Å². The third kappa shape index (κ3) is 20.8. The molecule has 0 saturated heterocycles. The molecule has 0 amide bonds. The van der Waals surface area contributed by atoms with Crippen molar-refractivity contribution in [1.29, 1.82) is 0 Å². The SMILES string of the molecule is CC(C)(C)C(=O)OC(=O)C(=O)C(C)(C)C.CC(C)(C)C(=O)OC(=O)C(=O)C(C)(C)C.CC(C)(C)C(=O)OC(=O)C(=O)C(C)(C)C.[Ce]. The summed E-state index contributed by atoms with van der Waals surface area (Å²) in [6.45, 7) is 28.9. The maximum atomic E-state index is 11.4. The Kier molecular flexibility index (Phi) is 20.2. The van der Waals surface area contributed by atoms with Crippen molar-refractivity contribution in [3.05, 3.63) is 0 Å². The van der Waals surface area contributed by atoms with Crippen LogP contribution in [0.5, 0.6) is 0 Å². The zero-order chi connectivity index (χ0) is 37.3. The van der Waals surface area contributed by atoms with E-state index in [1.54, 1.807) is 125 Å². The van der Waals surface area contributed by atoms with E-state index in [0.717, 1.165) is 0 Å². The molecule has 0 aliphatic rings. The first kappa shape index (κ1) is 50.7. The molecule has 0 saturated carbocycles. The van der Waals surface area contributed by atoms with Crippen LogP contribution in [0.3, 0.4) is 0 Å². The molecule has 0 aliphatic heterocycles. The molecule has 0 spiro atoms. The quantitative estimate of drug-likeness (QED) is 0.159. The smallest absolute Gasteiger partial charge is 0.382 e. The molecule has 0 heterocycles. The van der Waals surface area contributed by atoms with E-state index in [9.17, 15) is 43.2 Å². The topological polar surface area (TPSA) is 181 Å². The van der Waals surface area contributed by atoms with Crippen molar-refractivity contribution in [1.82, 2.24) is 0 Å². The summed E-state index contributed by atoms with van der Waals surface area (Å²) in [5.41, 5.74) is -4.82. The first-order valence-corrected chi connectivity index (χ1v) is 14.3. The van der Waals surface area contributed by atoms with Crippen molar-refractivity contribution < 1.29 is 99.1 Å². The van der Waals surface area contributed by atoms with Crippen LogP contribution in [0.15, 0.2) is 0 Å². The van der Waals surface area contributed by atoms with Crippen LogP contribution in [0.1, 0.15) is 125 Å². The average molecular weight is 783 g/mol. The van der Waals surface area contributed by atoms with E-state index < -0.39 is 85.7 Å². The molecule has 0 fully saturated rings. The number of carbonyl (C=O) groups is 9. The van der Waals surface area contributed by atoms with E-state index in [1.807, 2.05) is 0 Å². The zero-order valence-corrected chi connectivity index (χ0v) is 34.0. The standard InChI is InChI=1S/3C11H18O4.Ce/c3*1-10(2,3)7(12)8(13)15-9(14)11(4,5)6;/h3*1-6H3;. The summed E-state index contributed by atoms with van der Waals surface area (Å²) in [4.78, 5) is 102.